The number of hydrogen-bond donors (Lipinski definition) is 3. The first-order valence-electron chi connectivity index (χ1n) is 9.73. The minimum absolute atomic E-state index is 0.0884. The third-order valence-corrected chi connectivity index (χ3v) is 6.10. The second kappa shape index (κ2) is 9.27. The predicted octanol–water partition coefficient (Wildman–Crippen LogP) is 5.25. The number of hydrogen-bond acceptors (Lipinski definition) is 8. The molecule has 32 heavy (non-hydrogen) atoms. The van der Waals surface area contributed by atoms with Crippen LogP contribution < -0.4 is 10.6 Å². The molecule has 7 nitrogen and oxygen atoms in total. The quantitative estimate of drug-likeness (QED) is 0.335. The van der Waals surface area contributed by atoms with E-state index < -0.39 is 17.7 Å². The zero-order chi connectivity index (χ0) is 22.8. The lowest BCUT2D eigenvalue weighted by Crippen LogP contribution is -2.14. The van der Waals surface area contributed by atoms with Gasteiger partial charge in [0.2, 0.25) is 5.95 Å². The molecule has 0 aliphatic carbocycles. The first kappa shape index (κ1) is 22.3. The predicted molar refractivity (Wildman–Crippen MR) is 121 cm³/mol. The second-order valence-corrected chi connectivity index (χ2v) is 8.65. The van der Waals surface area contributed by atoms with Crippen molar-refractivity contribution in [3.05, 3.63) is 68.6 Å². The van der Waals surface area contributed by atoms with Crippen LogP contribution in [0.15, 0.2) is 36.4 Å². The molecular weight excluding hydrogens is 458 g/mol. The number of aromatic nitrogens is 4. The molecule has 0 aliphatic heterocycles. The Hall–Kier alpha value is -2.95. The third kappa shape index (κ3) is 4.62. The fourth-order valence-electron chi connectivity index (χ4n) is 3.24. The topological polar surface area (TPSA) is 95.9 Å². The number of nitrogens with zero attached hydrogens (tertiary/aromatic N) is 4. The molecule has 3 N–H and O–H groups in total. The van der Waals surface area contributed by atoms with E-state index in [1.807, 2.05) is 6.92 Å². The summed E-state index contributed by atoms with van der Waals surface area (Å²) in [5.41, 5.74) is 0.505. The van der Waals surface area contributed by atoms with Gasteiger partial charge in [0.15, 0.2) is 0 Å². The van der Waals surface area contributed by atoms with Crippen molar-refractivity contribution in [3.63, 3.8) is 0 Å². The highest BCUT2D eigenvalue weighted by atomic mass is 35.5. The first-order chi connectivity index (χ1) is 15.4. The molecule has 4 rings (SSSR count). The fourth-order valence-corrected chi connectivity index (χ4v) is 4.11. The first-order valence-corrected chi connectivity index (χ1v) is 10.9. The number of rotatable bonds is 7. The number of halogens is 3. The summed E-state index contributed by atoms with van der Waals surface area (Å²) >= 11 is 7.44. The minimum Gasteiger partial charge on any atom is -0.389 e. The Morgan fingerprint density at radius 2 is 1.78 bits per heavy atom. The summed E-state index contributed by atoms with van der Waals surface area (Å²) in [7, 11) is 0. The molecule has 11 heteroatoms. The average Bonchev–Trinajstić information content (AvgIpc) is 3.24. The van der Waals surface area contributed by atoms with E-state index in [4.69, 9.17) is 11.6 Å². The van der Waals surface area contributed by atoms with Crippen LogP contribution in [0.1, 0.15) is 41.5 Å². The van der Waals surface area contributed by atoms with Crippen molar-refractivity contribution in [1.82, 2.24) is 20.2 Å². The van der Waals surface area contributed by atoms with Crippen molar-refractivity contribution in [2.75, 3.05) is 10.6 Å². The SMILES string of the molecule is CC(Nc1nc(NC(C)c2c(F)cccc2F)c2cc(Cl)ccc2n1)c1nnc(CO)s1. The van der Waals surface area contributed by atoms with Crippen LogP contribution in [0.3, 0.4) is 0 Å². The third-order valence-electron chi connectivity index (χ3n) is 4.78. The van der Waals surface area contributed by atoms with E-state index in [1.165, 1.54) is 29.5 Å². The molecule has 0 fully saturated rings. The summed E-state index contributed by atoms with van der Waals surface area (Å²) in [5.74, 6) is -0.638. The number of anilines is 2. The molecule has 2 aromatic heterocycles. The van der Waals surface area contributed by atoms with Crippen LogP contribution in [-0.4, -0.2) is 25.3 Å². The van der Waals surface area contributed by atoms with Crippen LogP contribution >= 0.6 is 22.9 Å². The zero-order valence-electron chi connectivity index (χ0n) is 17.1. The van der Waals surface area contributed by atoms with E-state index >= 15 is 0 Å². The highest BCUT2D eigenvalue weighted by molar-refractivity contribution is 7.11. The van der Waals surface area contributed by atoms with E-state index in [9.17, 15) is 13.9 Å². The van der Waals surface area contributed by atoms with Crippen LogP contribution in [0, 0.1) is 11.6 Å². The highest BCUT2D eigenvalue weighted by Crippen LogP contribution is 2.31. The lowest BCUT2D eigenvalue weighted by Gasteiger charge is -2.19. The highest BCUT2D eigenvalue weighted by Gasteiger charge is 2.19. The van der Waals surface area contributed by atoms with E-state index in [2.05, 4.69) is 30.8 Å². The normalized spacial score (nSPS) is 13.2. The molecule has 0 aliphatic rings. The lowest BCUT2D eigenvalue weighted by atomic mass is 10.1. The molecule has 2 heterocycles. The van der Waals surface area contributed by atoms with Gasteiger partial charge in [-0.2, -0.15) is 4.98 Å². The van der Waals surface area contributed by atoms with Gasteiger partial charge in [-0.25, -0.2) is 13.8 Å². The molecule has 0 saturated carbocycles. The summed E-state index contributed by atoms with van der Waals surface area (Å²) < 4.78 is 28.6. The summed E-state index contributed by atoms with van der Waals surface area (Å²) in [4.78, 5) is 9.05. The van der Waals surface area contributed by atoms with Crippen LogP contribution in [0.25, 0.3) is 10.9 Å². The average molecular weight is 477 g/mol. The Kier molecular flexibility index (Phi) is 6.45. The van der Waals surface area contributed by atoms with E-state index in [0.29, 0.717) is 31.8 Å². The van der Waals surface area contributed by atoms with Gasteiger partial charge < -0.3 is 15.7 Å². The Bertz CT molecular complexity index is 1250. The maximum atomic E-state index is 14.3. The molecule has 2 aromatic carbocycles. The van der Waals surface area contributed by atoms with Crippen molar-refractivity contribution < 1.29 is 13.9 Å². The number of benzene rings is 2. The zero-order valence-corrected chi connectivity index (χ0v) is 18.7. The Morgan fingerprint density at radius 1 is 1.03 bits per heavy atom. The molecule has 166 valence electrons. The van der Waals surface area contributed by atoms with Crippen molar-refractivity contribution in [1.29, 1.82) is 0 Å². The number of nitrogens with one attached hydrogen (secondary N) is 2. The lowest BCUT2D eigenvalue weighted by molar-refractivity contribution is 0.280. The van der Waals surface area contributed by atoms with E-state index in [-0.39, 0.29) is 24.2 Å². The van der Waals surface area contributed by atoms with Crippen LogP contribution in [0.2, 0.25) is 5.02 Å². The Balaban J connectivity index is 1.69. The standard InChI is InChI=1S/C21H19ClF2N6OS/c1-10(18-14(23)4-3-5-15(18)24)25-19-13-8-12(22)6-7-16(13)27-21(28-19)26-11(2)20-30-29-17(9-31)32-20/h3-8,10-11,31H,9H2,1-2H3,(H2,25,26,27,28). The van der Waals surface area contributed by atoms with Gasteiger partial charge in [-0.15, -0.1) is 10.2 Å². The number of fused-ring (bicyclic) bond motifs is 1. The fraction of sp³-hybridized carbons (Fsp3) is 0.238. The minimum atomic E-state index is -0.714. The van der Waals surface area contributed by atoms with E-state index in [0.717, 1.165) is 0 Å². The van der Waals surface area contributed by atoms with Gasteiger partial charge in [-0.05, 0) is 44.2 Å². The molecule has 0 saturated heterocycles. The van der Waals surface area contributed by atoms with Gasteiger partial charge in [0.1, 0.15) is 27.5 Å². The van der Waals surface area contributed by atoms with Crippen molar-refractivity contribution in [2.45, 2.75) is 32.5 Å². The van der Waals surface area contributed by atoms with Gasteiger partial charge in [0.25, 0.3) is 0 Å². The van der Waals surface area contributed by atoms with Crippen molar-refractivity contribution in [3.8, 4) is 0 Å². The second-order valence-electron chi connectivity index (χ2n) is 7.12. The number of aliphatic hydroxyl groups excluding tert-OH is 1. The molecule has 2 atom stereocenters. The molecule has 4 aromatic rings. The smallest absolute Gasteiger partial charge is 0.225 e. The van der Waals surface area contributed by atoms with Gasteiger partial charge >= 0.3 is 0 Å². The van der Waals surface area contributed by atoms with Gasteiger partial charge in [0, 0.05) is 16.0 Å². The monoisotopic (exact) mass is 476 g/mol. The van der Waals surface area contributed by atoms with Gasteiger partial charge in [-0.1, -0.05) is 29.0 Å². The van der Waals surface area contributed by atoms with Crippen LogP contribution in [0.5, 0.6) is 0 Å². The maximum absolute atomic E-state index is 14.3. The Labute approximate surface area is 191 Å². The van der Waals surface area contributed by atoms with Gasteiger partial charge in [0.05, 0.1) is 24.2 Å². The summed E-state index contributed by atoms with van der Waals surface area (Å²) in [6.45, 7) is 3.32. The summed E-state index contributed by atoms with van der Waals surface area (Å²) in [5, 5.41) is 25.7. The summed E-state index contributed by atoms with van der Waals surface area (Å²) in [6.07, 6.45) is 0. The maximum Gasteiger partial charge on any atom is 0.225 e. The number of aliphatic hydroxyl groups is 1. The van der Waals surface area contributed by atoms with Crippen molar-refractivity contribution >= 4 is 45.6 Å². The molecule has 0 amide bonds. The molecular formula is C21H19ClF2N6OS. The van der Waals surface area contributed by atoms with Crippen molar-refractivity contribution in [2.24, 2.45) is 0 Å². The summed E-state index contributed by atoms with van der Waals surface area (Å²) in [6, 6.07) is 7.87. The van der Waals surface area contributed by atoms with Crippen LogP contribution in [-0.2, 0) is 6.61 Å². The molecule has 2 unspecified atom stereocenters. The molecule has 0 bridgehead atoms. The van der Waals surface area contributed by atoms with E-state index in [1.54, 1.807) is 25.1 Å². The van der Waals surface area contributed by atoms with Crippen LogP contribution in [0.4, 0.5) is 20.5 Å². The van der Waals surface area contributed by atoms with Gasteiger partial charge in [-0.3, -0.25) is 0 Å². The Morgan fingerprint density at radius 3 is 2.47 bits per heavy atom. The largest absolute Gasteiger partial charge is 0.389 e. The molecule has 0 radical (unpaired) electrons. The molecule has 0 spiro atoms.